The molecule has 134 valence electrons. The zero-order valence-corrected chi connectivity index (χ0v) is 16.3. The van der Waals surface area contributed by atoms with Crippen LogP contribution in [0, 0.1) is 20.8 Å². The quantitative estimate of drug-likeness (QED) is 0.741. The van der Waals surface area contributed by atoms with E-state index in [1.54, 1.807) is 38.2 Å². The van der Waals surface area contributed by atoms with E-state index in [2.05, 4.69) is 15.4 Å². The van der Waals surface area contributed by atoms with Gasteiger partial charge in [0.15, 0.2) is 0 Å². The number of aryl methyl sites for hydroxylation is 3. The van der Waals surface area contributed by atoms with Crippen molar-refractivity contribution in [2.75, 3.05) is 5.32 Å². The van der Waals surface area contributed by atoms with Gasteiger partial charge in [0.1, 0.15) is 9.88 Å². The number of anilines is 1. The third-order valence-corrected chi connectivity index (χ3v) is 5.43. The first-order valence-corrected chi connectivity index (χ1v) is 9.06. The standard InChI is InChI=1S/C18H17ClN4O2S/c1-9-10(2)22-23(4)18(25)14(9)17-20-11(3)15(26-17)16(24)21-13-7-5-6-12(19)8-13/h5-8H,1-4H3,(H,21,24). The number of hydrogen-bond donors (Lipinski definition) is 1. The fourth-order valence-electron chi connectivity index (χ4n) is 2.57. The molecule has 0 aliphatic heterocycles. The summed E-state index contributed by atoms with van der Waals surface area (Å²) in [6, 6.07) is 6.92. The lowest BCUT2D eigenvalue weighted by Gasteiger charge is -2.07. The minimum atomic E-state index is -0.284. The maximum Gasteiger partial charge on any atom is 0.277 e. The summed E-state index contributed by atoms with van der Waals surface area (Å²) < 4.78 is 1.29. The van der Waals surface area contributed by atoms with Crippen LogP contribution < -0.4 is 10.9 Å². The molecular weight excluding hydrogens is 372 g/mol. The number of halogens is 1. The molecule has 2 aromatic heterocycles. The van der Waals surface area contributed by atoms with Crippen LogP contribution in [0.4, 0.5) is 5.69 Å². The maximum atomic E-state index is 12.6. The van der Waals surface area contributed by atoms with Crippen molar-refractivity contribution >= 4 is 34.5 Å². The van der Waals surface area contributed by atoms with E-state index in [0.717, 1.165) is 11.3 Å². The molecule has 1 aromatic carbocycles. The van der Waals surface area contributed by atoms with Gasteiger partial charge < -0.3 is 5.32 Å². The van der Waals surface area contributed by atoms with Gasteiger partial charge >= 0.3 is 0 Å². The molecule has 0 aliphatic rings. The lowest BCUT2D eigenvalue weighted by atomic mass is 10.1. The fourth-order valence-corrected chi connectivity index (χ4v) is 3.81. The van der Waals surface area contributed by atoms with Gasteiger partial charge in [-0.1, -0.05) is 17.7 Å². The van der Waals surface area contributed by atoms with Crippen LogP contribution in [0.1, 0.15) is 26.6 Å². The predicted octanol–water partition coefficient (Wildman–Crippen LogP) is 3.73. The summed E-state index contributed by atoms with van der Waals surface area (Å²) >= 11 is 7.14. The van der Waals surface area contributed by atoms with Crippen molar-refractivity contribution in [2.45, 2.75) is 20.8 Å². The molecule has 0 saturated carbocycles. The second-order valence-corrected chi connectivity index (χ2v) is 7.35. The Morgan fingerprint density at radius 2 is 1.96 bits per heavy atom. The van der Waals surface area contributed by atoms with Gasteiger partial charge in [0.05, 0.1) is 17.0 Å². The van der Waals surface area contributed by atoms with Crippen LogP contribution in [0.3, 0.4) is 0 Å². The highest BCUT2D eigenvalue weighted by atomic mass is 35.5. The molecule has 6 nitrogen and oxygen atoms in total. The number of rotatable bonds is 3. The summed E-state index contributed by atoms with van der Waals surface area (Å²) in [6.45, 7) is 5.42. The third kappa shape index (κ3) is 3.40. The van der Waals surface area contributed by atoms with Gasteiger partial charge in [-0.25, -0.2) is 9.67 Å². The van der Waals surface area contributed by atoms with Gasteiger partial charge in [0.2, 0.25) is 0 Å². The molecule has 3 aromatic rings. The summed E-state index contributed by atoms with van der Waals surface area (Å²) in [7, 11) is 1.60. The molecule has 8 heteroatoms. The Morgan fingerprint density at radius 1 is 1.23 bits per heavy atom. The first-order chi connectivity index (χ1) is 12.3. The van der Waals surface area contributed by atoms with Crippen LogP contribution in [0.2, 0.25) is 5.02 Å². The van der Waals surface area contributed by atoms with Crippen molar-refractivity contribution in [3.05, 3.63) is 61.5 Å². The van der Waals surface area contributed by atoms with E-state index in [0.29, 0.717) is 31.9 Å². The van der Waals surface area contributed by atoms with Crippen LogP contribution in [-0.2, 0) is 7.05 Å². The molecule has 0 unspecified atom stereocenters. The Bertz CT molecular complexity index is 1070. The molecule has 0 radical (unpaired) electrons. The van der Waals surface area contributed by atoms with Crippen LogP contribution in [0.15, 0.2) is 29.1 Å². The van der Waals surface area contributed by atoms with Gasteiger partial charge in [0, 0.05) is 17.8 Å². The fraction of sp³-hybridized carbons (Fsp3) is 0.222. The van der Waals surface area contributed by atoms with E-state index in [1.165, 1.54) is 16.0 Å². The van der Waals surface area contributed by atoms with Crippen molar-refractivity contribution in [3.63, 3.8) is 0 Å². The summed E-state index contributed by atoms with van der Waals surface area (Å²) in [5.74, 6) is -0.284. The van der Waals surface area contributed by atoms with Crippen LogP contribution >= 0.6 is 22.9 Å². The van der Waals surface area contributed by atoms with Gasteiger partial charge in [-0.3, -0.25) is 9.59 Å². The largest absolute Gasteiger partial charge is 0.321 e. The topological polar surface area (TPSA) is 76.9 Å². The normalized spacial score (nSPS) is 10.8. The van der Waals surface area contributed by atoms with E-state index in [-0.39, 0.29) is 11.5 Å². The molecule has 0 aliphatic carbocycles. The number of carbonyl (C=O) groups excluding carboxylic acids is 1. The molecule has 0 fully saturated rings. The van der Waals surface area contributed by atoms with E-state index < -0.39 is 0 Å². The highest BCUT2D eigenvalue weighted by Crippen LogP contribution is 2.29. The summed E-state index contributed by atoms with van der Waals surface area (Å²) in [5.41, 5.74) is 2.94. The molecule has 0 atom stereocenters. The maximum absolute atomic E-state index is 12.6. The number of benzene rings is 1. The number of nitrogens with one attached hydrogen (secondary N) is 1. The average Bonchev–Trinajstić information content (AvgIpc) is 2.95. The molecule has 1 N–H and O–H groups in total. The van der Waals surface area contributed by atoms with Crippen molar-refractivity contribution in [1.82, 2.24) is 14.8 Å². The number of nitrogens with zero attached hydrogens (tertiary/aromatic N) is 3. The molecular formula is C18H17ClN4O2S. The highest BCUT2D eigenvalue weighted by molar-refractivity contribution is 7.17. The molecule has 2 heterocycles. The minimum Gasteiger partial charge on any atom is -0.321 e. The molecule has 0 saturated heterocycles. The monoisotopic (exact) mass is 388 g/mol. The van der Waals surface area contributed by atoms with Crippen LogP contribution in [0.5, 0.6) is 0 Å². The molecule has 0 bridgehead atoms. The number of aromatic nitrogens is 3. The van der Waals surface area contributed by atoms with Gasteiger partial charge in [0.25, 0.3) is 11.5 Å². The second kappa shape index (κ2) is 7.01. The lowest BCUT2D eigenvalue weighted by molar-refractivity contribution is 0.103. The Balaban J connectivity index is 2.00. The first-order valence-electron chi connectivity index (χ1n) is 7.87. The summed E-state index contributed by atoms with van der Waals surface area (Å²) in [6.07, 6.45) is 0. The molecule has 0 spiro atoms. The Hall–Kier alpha value is -2.51. The SMILES string of the molecule is Cc1nc(-c2c(C)c(C)nn(C)c2=O)sc1C(=O)Nc1cccc(Cl)c1. The van der Waals surface area contributed by atoms with Gasteiger partial charge in [-0.05, 0) is 44.5 Å². The number of amides is 1. The predicted molar refractivity (Wildman–Crippen MR) is 104 cm³/mol. The van der Waals surface area contributed by atoms with E-state index in [1.807, 2.05) is 13.8 Å². The zero-order valence-electron chi connectivity index (χ0n) is 14.8. The smallest absolute Gasteiger partial charge is 0.277 e. The Morgan fingerprint density at radius 3 is 2.65 bits per heavy atom. The zero-order chi connectivity index (χ0) is 19.0. The third-order valence-electron chi connectivity index (χ3n) is 4.02. The minimum absolute atomic E-state index is 0.233. The van der Waals surface area contributed by atoms with Crippen molar-refractivity contribution in [3.8, 4) is 10.6 Å². The number of thiazole rings is 1. The lowest BCUT2D eigenvalue weighted by Crippen LogP contribution is -2.23. The Kier molecular flexibility index (Phi) is 4.93. The average molecular weight is 389 g/mol. The molecule has 26 heavy (non-hydrogen) atoms. The van der Waals surface area contributed by atoms with E-state index >= 15 is 0 Å². The van der Waals surface area contributed by atoms with Crippen molar-refractivity contribution in [1.29, 1.82) is 0 Å². The van der Waals surface area contributed by atoms with E-state index in [9.17, 15) is 9.59 Å². The van der Waals surface area contributed by atoms with Crippen LogP contribution in [-0.4, -0.2) is 20.7 Å². The second-order valence-electron chi connectivity index (χ2n) is 5.91. The highest BCUT2D eigenvalue weighted by Gasteiger charge is 2.21. The van der Waals surface area contributed by atoms with Crippen LogP contribution in [0.25, 0.3) is 10.6 Å². The summed E-state index contributed by atoms with van der Waals surface area (Å²) in [5, 5.41) is 8.04. The Labute approximate surface area is 159 Å². The molecule has 1 amide bonds. The van der Waals surface area contributed by atoms with Gasteiger partial charge in [-0.2, -0.15) is 5.10 Å². The van der Waals surface area contributed by atoms with E-state index in [4.69, 9.17) is 11.6 Å². The number of carbonyl (C=O) groups is 1. The first kappa shape index (κ1) is 18.3. The number of hydrogen-bond acceptors (Lipinski definition) is 5. The van der Waals surface area contributed by atoms with Crippen molar-refractivity contribution in [2.24, 2.45) is 7.05 Å². The molecule has 3 rings (SSSR count). The van der Waals surface area contributed by atoms with Crippen molar-refractivity contribution < 1.29 is 4.79 Å². The summed E-state index contributed by atoms with van der Waals surface area (Å²) in [4.78, 5) is 30.0. The van der Waals surface area contributed by atoms with Gasteiger partial charge in [-0.15, -0.1) is 11.3 Å².